The van der Waals surface area contributed by atoms with Crippen molar-refractivity contribution in [3.05, 3.63) is 0 Å². The first-order chi connectivity index (χ1) is 10.8. The Balaban J connectivity index is 2.00. The molecule has 0 aromatic carbocycles. The Kier molecular flexibility index (Phi) is 8.28. The normalized spacial score (nSPS) is 30.0. The van der Waals surface area contributed by atoms with Gasteiger partial charge < -0.3 is 4.74 Å². The highest BCUT2D eigenvalue weighted by atomic mass is 16.5. The van der Waals surface area contributed by atoms with E-state index in [0.717, 1.165) is 6.42 Å². The summed E-state index contributed by atoms with van der Waals surface area (Å²) in [4.78, 5) is 14.2. The Morgan fingerprint density at radius 1 is 0.773 bits per heavy atom. The minimum absolute atomic E-state index is 0.0981. The van der Waals surface area contributed by atoms with Crippen LogP contribution in [0, 0.1) is 0 Å². The molecule has 2 fully saturated rings. The van der Waals surface area contributed by atoms with Gasteiger partial charge >= 0.3 is 5.97 Å². The summed E-state index contributed by atoms with van der Waals surface area (Å²) >= 11 is 0. The van der Waals surface area contributed by atoms with E-state index in [4.69, 9.17) is 4.74 Å². The van der Waals surface area contributed by atoms with Gasteiger partial charge in [0.2, 0.25) is 0 Å². The summed E-state index contributed by atoms with van der Waals surface area (Å²) in [5, 5.41) is 0. The van der Waals surface area contributed by atoms with Crippen LogP contribution in [0.5, 0.6) is 0 Å². The van der Waals surface area contributed by atoms with Gasteiger partial charge in [0, 0.05) is 13.0 Å². The third-order valence-corrected chi connectivity index (χ3v) is 5.34. The molecule has 1 aliphatic heterocycles. The summed E-state index contributed by atoms with van der Waals surface area (Å²) in [6, 6.07) is 0.462. The minimum atomic E-state index is -0.0981. The van der Waals surface area contributed by atoms with E-state index in [1.165, 1.54) is 90.1 Å². The lowest BCUT2D eigenvalue weighted by atomic mass is 9.93. The fourth-order valence-electron chi connectivity index (χ4n) is 4.16. The van der Waals surface area contributed by atoms with Crippen LogP contribution in [0.25, 0.3) is 0 Å². The molecular formula is C19H35NO2. The van der Waals surface area contributed by atoms with Crippen molar-refractivity contribution in [3.8, 4) is 0 Å². The SMILES string of the molecule is CC(=O)O[C@H]1CCCCCCCCCC[C@H]1N1CCCCC1. The van der Waals surface area contributed by atoms with E-state index in [9.17, 15) is 4.79 Å². The number of hydrogen-bond acceptors (Lipinski definition) is 3. The van der Waals surface area contributed by atoms with Gasteiger partial charge in [0.05, 0.1) is 0 Å². The van der Waals surface area contributed by atoms with Crippen LogP contribution < -0.4 is 0 Å². The Hall–Kier alpha value is -0.570. The van der Waals surface area contributed by atoms with Crippen molar-refractivity contribution < 1.29 is 9.53 Å². The van der Waals surface area contributed by atoms with E-state index in [1.807, 2.05) is 0 Å². The smallest absolute Gasteiger partial charge is 0.302 e. The summed E-state index contributed by atoms with van der Waals surface area (Å²) in [5.41, 5.74) is 0. The van der Waals surface area contributed by atoms with Crippen LogP contribution in [0.1, 0.15) is 90.4 Å². The van der Waals surface area contributed by atoms with Gasteiger partial charge in [-0.25, -0.2) is 0 Å². The third kappa shape index (κ3) is 6.28. The van der Waals surface area contributed by atoms with Gasteiger partial charge in [-0.2, -0.15) is 0 Å². The average molecular weight is 309 g/mol. The first kappa shape index (κ1) is 17.8. The quantitative estimate of drug-likeness (QED) is 0.693. The van der Waals surface area contributed by atoms with Gasteiger partial charge in [-0.3, -0.25) is 9.69 Å². The Morgan fingerprint density at radius 2 is 1.27 bits per heavy atom. The van der Waals surface area contributed by atoms with Crippen molar-refractivity contribution in [1.29, 1.82) is 0 Å². The molecule has 2 atom stereocenters. The fraction of sp³-hybridized carbons (Fsp3) is 0.947. The summed E-state index contributed by atoms with van der Waals surface area (Å²) in [6.07, 6.45) is 17.0. The predicted octanol–water partition coefficient (Wildman–Crippen LogP) is 4.69. The molecule has 0 spiro atoms. The maximum atomic E-state index is 11.6. The Labute approximate surface area is 136 Å². The highest BCUT2D eigenvalue weighted by Crippen LogP contribution is 2.25. The molecule has 128 valence electrons. The first-order valence-corrected chi connectivity index (χ1v) is 9.68. The van der Waals surface area contributed by atoms with Gasteiger partial charge in [-0.05, 0) is 45.2 Å². The Morgan fingerprint density at radius 3 is 1.86 bits per heavy atom. The van der Waals surface area contributed by atoms with E-state index >= 15 is 0 Å². The van der Waals surface area contributed by atoms with Crippen LogP contribution in [0.3, 0.4) is 0 Å². The summed E-state index contributed by atoms with van der Waals surface area (Å²) in [7, 11) is 0. The third-order valence-electron chi connectivity index (χ3n) is 5.34. The minimum Gasteiger partial charge on any atom is -0.461 e. The van der Waals surface area contributed by atoms with Crippen LogP contribution in [0.4, 0.5) is 0 Å². The molecule has 1 aliphatic carbocycles. The second-order valence-electron chi connectivity index (χ2n) is 7.22. The van der Waals surface area contributed by atoms with E-state index in [2.05, 4.69) is 4.90 Å². The van der Waals surface area contributed by atoms with Gasteiger partial charge in [0.1, 0.15) is 6.10 Å². The average Bonchev–Trinajstić information content (AvgIpc) is 2.50. The molecule has 1 heterocycles. The number of carbonyl (C=O) groups is 1. The number of carbonyl (C=O) groups excluding carboxylic acids is 1. The largest absolute Gasteiger partial charge is 0.461 e. The zero-order chi connectivity index (χ0) is 15.6. The second kappa shape index (κ2) is 10.3. The van der Waals surface area contributed by atoms with E-state index in [0.29, 0.717) is 6.04 Å². The highest BCUT2D eigenvalue weighted by Gasteiger charge is 2.30. The molecule has 0 radical (unpaired) electrons. The number of esters is 1. The number of likely N-dealkylation sites (tertiary alicyclic amines) is 1. The Bertz CT molecular complexity index is 313. The van der Waals surface area contributed by atoms with Crippen molar-refractivity contribution in [3.63, 3.8) is 0 Å². The van der Waals surface area contributed by atoms with Crippen LogP contribution >= 0.6 is 0 Å². The van der Waals surface area contributed by atoms with Gasteiger partial charge in [0.15, 0.2) is 0 Å². The first-order valence-electron chi connectivity index (χ1n) is 9.68. The summed E-state index contributed by atoms with van der Waals surface area (Å²) in [6.45, 7) is 3.97. The lowest BCUT2D eigenvalue weighted by molar-refractivity contribution is -0.151. The molecule has 1 saturated carbocycles. The molecule has 0 bridgehead atoms. The molecule has 22 heavy (non-hydrogen) atoms. The number of nitrogens with zero attached hydrogens (tertiary/aromatic N) is 1. The van der Waals surface area contributed by atoms with Crippen molar-refractivity contribution in [2.24, 2.45) is 0 Å². The van der Waals surface area contributed by atoms with Crippen LogP contribution in [-0.2, 0) is 9.53 Å². The molecule has 0 aromatic rings. The maximum Gasteiger partial charge on any atom is 0.302 e. The molecule has 2 rings (SSSR count). The lowest BCUT2D eigenvalue weighted by Crippen LogP contribution is -2.47. The van der Waals surface area contributed by atoms with Crippen LogP contribution in [-0.4, -0.2) is 36.1 Å². The number of hydrogen-bond donors (Lipinski definition) is 0. The number of ether oxygens (including phenoxy) is 1. The van der Waals surface area contributed by atoms with E-state index in [-0.39, 0.29) is 12.1 Å². The van der Waals surface area contributed by atoms with Crippen molar-refractivity contribution in [2.45, 2.75) is 103 Å². The molecule has 0 unspecified atom stereocenters. The molecule has 0 aromatic heterocycles. The lowest BCUT2D eigenvalue weighted by Gasteiger charge is -2.39. The zero-order valence-corrected chi connectivity index (χ0v) is 14.5. The molecular weight excluding hydrogens is 274 g/mol. The van der Waals surface area contributed by atoms with Crippen LogP contribution in [0.15, 0.2) is 0 Å². The molecule has 3 heteroatoms. The van der Waals surface area contributed by atoms with Gasteiger partial charge in [-0.15, -0.1) is 0 Å². The standard InChI is InChI=1S/C19H35NO2/c1-17(21)22-19-14-10-7-5-3-2-4-6-9-13-18(19)20-15-11-8-12-16-20/h18-19H,2-16H2,1H3/t18-,19+/m1/s1. The van der Waals surface area contributed by atoms with Crippen LogP contribution in [0.2, 0.25) is 0 Å². The van der Waals surface area contributed by atoms with E-state index in [1.54, 1.807) is 6.92 Å². The van der Waals surface area contributed by atoms with Crippen molar-refractivity contribution >= 4 is 5.97 Å². The highest BCUT2D eigenvalue weighted by molar-refractivity contribution is 5.66. The zero-order valence-electron chi connectivity index (χ0n) is 14.5. The van der Waals surface area contributed by atoms with Crippen molar-refractivity contribution in [1.82, 2.24) is 4.90 Å². The maximum absolute atomic E-state index is 11.6. The molecule has 0 amide bonds. The molecule has 3 nitrogen and oxygen atoms in total. The summed E-state index contributed by atoms with van der Waals surface area (Å²) < 4.78 is 5.78. The second-order valence-corrected chi connectivity index (χ2v) is 7.22. The molecule has 1 saturated heterocycles. The number of piperidine rings is 1. The summed E-state index contributed by atoms with van der Waals surface area (Å²) in [5.74, 6) is -0.0981. The predicted molar refractivity (Wildman–Crippen MR) is 90.9 cm³/mol. The fourth-order valence-corrected chi connectivity index (χ4v) is 4.16. The molecule has 0 N–H and O–H groups in total. The van der Waals surface area contributed by atoms with Gasteiger partial charge in [0.25, 0.3) is 0 Å². The molecule has 2 aliphatic rings. The van der Waals surface area contributed by atoms with Gasteiger partial charge in [-0.1, -0.05) is 51.4 Å². The number of rotatable bonds is 2. The van der Waals surface area contributed by atoms with Crippen molar-refractivity contribution in [2.75, 3.05) is 13.1 Å². The monoisotopic (exact) mass is 309 g/mol. The van der Waals surface area contributed by atoms with E-state index < -0.39 is 0 Å². The topological polar surface area (TPSA) is 29.5 Å².